The number of carbonyl (C=O) groups is 1. The topological polar surface area (TPSA) is 50.2 Å². The average Bonchev–Trinajstić information content (AvgIpc) is 3.25. The van der Waals surface area contributed by atoms with Gasteiger partial charge in [-0.05, 0) is 45.0 Å². The van der Waals surface area contributed by atoms with E-state index in [1.807, 2.05) is 49.0 Å². The molecule has 0 spiro atoms. The summed E-state index contributed by atoms with van der Waals surface area (Å²) in [6.45, 7) is 6.74. The van der Waals surface area contributed by atoms with E-state index in [2.05, 4.69) is 22.1 Å². The van der Waals surface area contributed by atoms with E-state index < -0.39 is 0 Å². The van der Waals surface area contributed by atoms with E-state index in [4.69, 9.17) is 0 Å². The van der Waals surface area contributed by atoms with Gasteiger partial charge in [-0.3, -0.25) is 4.79 Å². The monoisotopic (exact) mass is 344 g/mol. The molecule has 0 fully saturated rings. The second-order valence-electron chi connectivity index (χ2n) is 5.37. The largest absolute Gasteiger partial charge is 0.388 e. The van der Waals surface area contributed by atoms with Gasteiger partial charge in [-0.15, -0.1) is 0 Å². The Kier molecular flexibility index (Phi) is 6.49. The number of hydrogen-bond donors (Lipinski definition) is 1. The van der Waals surface area contributed by atoms with Crippen molar-refractivity contribution in [3.8, 4) is 5.69 Å². The molecule has 0 unspecified atom stereocenters. The molecule has 0 radical (unpaired) electrons. The van der Waals surface area contributed by atoms with Crippen LogP contribution in [0.3, 0.4) is 0 Å². The molecule has 1 aliphatic rings. The number of hydrogen-bond acceptors (Lipinski definition) is 5. The second-order valence-corrected chi connectivity index (χ2v) is 6.32. The van der Waals surface area contributed by atoms with E-state index in [0.717, 1.165) is 34.4 Å². The number of rotatable bonds is 4. The van der Waals surface area contributed by atoms with Crippen LogP contribution in [0.4, 0.5) is 5.69 Å². The third-order valence-electron chi connectivity index (χ3n) is 3.83. The molecule has 2 heterocycles. The smallest absolute Gasteiger partial charge is 0.167 e. The Morgan fingerprint density at radius 1 is 1.33 bits per heavy atom. The van der Waals surface area contributed by atoms with E-state index in [9.17, 15) is 4.79 Å². The minimum atomic E-state index is 0.198. The Morgan fingerprint density at radius 2 is 2.04 bits per heavy atom. The zero-order valence-corrected chi connectivity index (χ0v) is 15.4. The maximum Gasteiger partial charge on any atom is 0.167 e. The van der Waals surface area contributed by atoms with Crippen LogP contribution in [0.15, 0.2) is 53.6 Å². The predicted molar refractivity (Wildman–Crippen MR) is 101 cm³/mol. The number of imidazole rings is 1. The number of aromatic nitrogens is 2. The summed E-state index contributed by atoms with van der Waals surface area (Å²) in [4.78, 5) is 18.1. The van der Waals surface area contributed by atoms with Crippen LogP contribution in [0.5, 0.6) is 0 Å². The van der Waals surface area contributed by atoms with Crippen molar-refractivity contribution in [1.29, 1.82) is 0 Å². The van der Waals surface area contributed by atoms with Crippen LogP contribution in [-0.4, -0.2) is 39.7 Å². The van der Waals surface area contributed by atoms with Gasteiger partial charge in [0.2, 0.25) is 0 Å². The molecule has 24 heavy (non-hydrogen) atoms. The molecular weight excluding hydrogens is 320 g/mol. The Bertz CT molecular complexity index is 692. The summed E-state index contributed by atoms with van der Waals surface area (Å²) in [6.07, 6.45) is 5.48. The normalized spacial score (nSPS) is 13.6. The number of Topliss-reactive ketones (excluding diaryl/α,β-unsaturated/α-hetero) is 1. The molecule has 0 saturated carbocycles. The quantitative estimate of drug-likeness (QED) is 0.915. The van der Waals surface area contributed by atoms with Gasteiger partial charge in [-0.1, -0.05) is 11.8 Å². The Labute approximate surface area is 147 Å². The van der Waals surface area contributed by atoms with E-state index in [1.165, 1.54) is 0 Å². The molecule has 1 N–H and O–H groups in total. The standard InChI is InChI=1S/C10H11N3.C8H13NOS/c1-11-9-2-4-10(5-3-9)13-7-6-12-8-13;1-4-9-5-11-8(6(9)2)7(3)10/h2-8,11H,1H3;4-5H2,1-3H3. The number of carbonyl (C=O) groups excluding carboxylic acids is 1. The maximum absolute atomic E-state index is 11.0. The molecular formula is C18H24N4OS. The van der Waals surface area contributed by atoms with E-state index in [1.54, 1.807) is 31.2 Å². The summed E-state index contributed by atoms with van der Waals surface area (Å²) in [7, 11) is 1.91. The predicted octanol–water partition coefficient (Wildman–Crippen LogP) is 3.75. The van der Waals surface area contributed by atoms with E-state index in [0.29, 0.717) is 0 Å². The molecule has 5 nitrogen and oxygen atoms in total. The van der Waals surface area contributed by atoms with E-state index >= 15 is 0 Å². The number of ketones is 1. The van der Waals surface area contributed by atoms with Crippen LogP contribution in [-0.2, 0) is 4.79 Å². The molecule has 0 bridgehead atoms. The van der Waals surface area contributed by atoms with Crippen molar-refractivity contribution in [3.63, 3.8) is 0 Å². The molecule has 0 aliphatic carbocycles. The molecule has 2 aromatic rings. The molecule has 0 atom stereocenters. The summed E-state index contributed by atoms with van der Waals surface area (Å²) >= 11 is 1.65. The summed E-state index contributed by atoms with van der Waals surface area (Å²) in [6, 6.07) is 8.17. The zero-order chi connectivity index (χ0) is 17.5. The van der Waals surface area contributed by atoms with Crippen LogP contribution in [0.1, 0.15) is 20.8 Å². The average molecular weight is 344 g/mol. The van der Waals surface area contributed by atoms with Crippen molar-refractivity contribution < 1.29 is 4.79 Å². The first-order chi connectivity index (χ1) is 11.6. The van der Waals surface area contributed by atoms with Crippen molar-refractivity contribution >= 4 is 23.2 Å². The number of thioether (sulfide) groups is 1. The highest BCUT2D eigenvalue weighted by atomic mass is 32.2. The number of benzene rings is 1. The summed E-state index contributed by atoms with van der Waals surface area (Å²) in [5.74, 6) is 1.14. The van der Waals surface area contributed by atoms with Crippen molar-refractivity contribution in [1.82, 2.24) is 14.5 Å². The third kappa shape index (κ3) is 4.41. The first kappa shape index (κ1) is 18.1. The summed E-state index contributed by atoms with van der Waals surface area (Å²) in [5.41, 5.74) is 3.38. The van der Waals surface area contributed by atoms with Crippen molar-refractivity contribution in [3.05, 3.63) is 53.6 Å². The van der Waals surface area contributed by atoms with Crippen LogP contribution in [0.25, 0.3) is 5.69 Å². The molecule has 0 amide bonds. The van der Waals surface area contributed by atoms with Crippen LogP contribution >= 0.6 is 11.8 Å². The number of nitrogens with zero attached hydrogens (tertiary/aromatic N) is 3. The molecule has 1 aromatic heterocycles. The number of anilines is 1. The highest BCUT2D eigenvalue weighted by molar-refractivity contribution is 8.04. The lowest BCUT2D eigenvalue weighted by Gasteiger charge is -2.15. The van der Waals surface area contributed by atoms with Gasteiger partial charge < -0.3 is 14.8 Å². The summed E-state index contributed by atoms with van der Waals surface area (Å²) in [5, 5.41) is 3.07. The number of nitrogens with one attached hydrogen (secondary N) is 1. The van der Waals surface area contributed by atoms with Crippen LogP contribution in [0.2, 0.25) is 0 Å². The fourth-order valence-corrected chi connectivity index (χ4v) is 3.59. The van der Waals surface area contributed by atoms with Crippen LogP contribution < -0.4 is 5.32 Å². The van der Waals surface area contributed by atoms with Gasteiger partial charge in [0.15, 0.2) is 5.78 Å². The van der Waals surface area contributed by atoms with E-state index in [-0.39, 0.29) is 5.78 Å². The Balaban J connectivity index is 0.000000177. The zero-order valence-electron chi connectivity index (χ0n) is 14.6. The highest BCUT2D eigenvalue weighted by Crippen LogP contribution is 2.31. The van der Waals surface area contributed by atoms with Crippen molar-refractivity contribution in [2.45, 2.75) is 20.8 Å². The molecule has 3 rings (SSSR count). The lowest BCUT2D eigenvalue weighted by Crippen LogP contribution is -2.16. The Hall–Kier alpha value is -2.21. The van der Waals surface area contributed by atoms with Crippen LogP contribution in [0, 0.1) is 0 Å². The van der Waals surface area contributed by atoms with Gasteiger partial charge in [0.25, 0.3) is 0 Å². The minimum absolute atomic E-state index is 0.198. The van der Waals surface area contributed by atoms with Gasteiger partial charge in [-0.25, -0.2) is 4.98 Å². The second kappa shape index (κ2) is 8.59. The summed E-state index contributed by atoms with van der Waals surface area (Å²) < 4.78 is 1.97. The van der Waals surface area contributed by atoms with Gasteiger partial charge in [0, 0.05) is 43.1 Å². The van der Waals surface area contributed by atoms with Crippen molar-refractivity contribution in [2.24, 2.45) is 0 Å². The molecule has 1 aromatic carbocycles. The number of allylic oxidation sites excluding steroid dienone is 2. The van der Waals surface area contributed by atoms with Crippen molar-refractivity contribution in [2.75, 3.05) is 24.8 Å². The van der Waals surface area contributed by atoms with Gasteiger partial charge in [-0.2, -0.15) is 0 Å². The highest BCUT2D eigenvalue weighted by Gasteiger charge is 2.20. The van der Waals surface area contributed by atoms with Gasteiger partial charge >= 0.3 is 0 Å². The third-order valence-corrected chi connectivity index (χ3v) is 5.14. The first-order valence-electron chi connectivity index (χ1n) is 7.92. The van der Waals surface area contributed by atoms with Gasteiger partial charge in [0.1, 0.15) is 0 Å². The lowest BCUT2D eigenvalue weighted by atomic mass is 10.3. The maximum atomic E-state index is 11.0. The Morgan fingerprint density at radius 3 is 2.46 bits per heavy atom. The SMILES string of the molecule is CCN1CSC(C(C)=O)=C1C.CNc1ccc(-n2ccnc2)cc1. The minimum Gasteiger partial charge on any atom is -0.388 e. The van der Waals surface area contributed by atoms with Gasteiger partial charge in [0.05, 0.1) is 17.1 Å². The fourth-order valence-electron chi connectivity index (χ4n) is 2.38. The molecule has 1 aliphatic heterocycles. The fraction of sp³-hybridized carbons (Fsp3) is 0.333. The molecule has 0 saturated heterocycles. The lowest BCUT2D eigenvalue weighted by molar-refractivity contribution is -0.113. The molecule has 128 valence electrons. The molecule has 6 heteroatoms. The first-order valence-corrected chi connectivity index (χ1v) is 8.91.